The van der Waals surface area contributed by atoms with Crippen LogP contribution < -0.4 is 9.25 Å². The van der Waals surface area contributed by atoms with Gasteiger partial charge in [-0.3, -0.25) is 0 Å². The van der Waals surface area contributed by atoms with Crippen molar-refractivity contribution in [2.45, 2.75) is 26.2 Å². The van der Waals surface area contributed by atoms with Gasteiger partial charge >= 0.3 is 189 Å². The van der Waals surface area contributed by atoms with Crippen LogP contribution >= 0.6 is 0 Å². The number of aryl methyl sites for hydroxylation is 1. The van der Waals surface area contributed by atoms with Gasteiger partial charge in [0.25, 0.3) is 0 Å². The number of aromatic nitrogens is 2. The number of hydrogen-bond acceptors (Lipinski definition) is 5. The number of benzene rings is 2. The summed E-state index contributed by atoms with van der Waals surface area (Å²) in [6.45, 7) is 5.97. The van der Waals surface area contributed by atoms with E-state index < -0.39 is 15.3 Å². The summed E-state index contributed by atoms with van der Waals surface area (Å²) in [5.74, 6) is 0.292. The predicted molar refractivity (Wildman–Crippen MR) is 135 cm³/mol. The summed E-state index contributed by atoms with van der Waals surface area (Å²) < 4.78 is 21.5. The first-order valence-corrected chi connectivity index (χ1v) is 14.4. The van der Waals surface area contributed by atoms with Gasteiger partial charge in [0, 0.05) is 0 Å². The Hall–Kier alpha value is -2.44. The Balaban J connectivity index is 1.57. The van der Waals surface area contributed by atoms with Gasteiger partial charge in [-0.25, -0.2) is 0 Å². The number of hydrogen-bond donors (Lipinski definition) is 2. The van der Waals surface area contributed by atoms with Gasteiger partial charge in [-0.05, 0) is 0 Å². The summed E-state index contributed by atoms with van der Waals surface area (Å²) >= 11 is -2.94. The van der Waals surface area contributed by atoms with Crippen LogP contribution in [-0.4, -0.2) is 70.3 Å². The summed E-state index contributed by atoms with van der Waals surface area (Å²) in [5.41, 5.74) is 3.35. The fourth-order valence-corrected chi connectivity index (χ4v) is 5.41. The molecule has 8 heteroatoms. The van der Waals surface area contributed by atoms with Crippen LogP contribution in [0.15, 0.2) is 60.7 Å². The number of amides is 1. The SMILES string of the molecule is CCN1CCC(CN(C(=O)c2cc(Cc3ccccc3)n(C)n2)c2ccc([As](O)O)cc2)CC1. The van der Waals surface area contributed by atoms with Crippen LogP contribution in [0.25, 0.3) is 0 Å². The Kier molecular flexibility index (Phi) is 8.22. The van der Waals surface area contributed by atoms with Crippen molar-refractivity contribution in [1.82, 2.24) is 14.7 Å². The minimum atomic E-state index is -2.94. The van der Waals surface area contributed by atoms with E-state index in [9.17, 15) is 13.0 Å². The first kappa shape index (κ1) is 24.7. The van der Waals surface area contributed by atoms with Crippen LogP contribution in [0.4, 0.5) is 5.69 Å². The minimum absolute atomic E-state index is 0.122. The molecule has 2 aromatic carbocycles. The van der Waals surface area contributed by atoms with Crippen molar-refractivity contribution in [2.75, 3.05) is 31.1 Å². The van der Waals surface area contributed by atoms with E-state index in [0.717, 1.165) is 43.9 Å². The van der Waals surface area contributed by atoms with Crippen molar-refractivity contribution in [2.24, 2.45) is 13.0 Å². The molecule has 0 atom stereocenters. The van der Waals surface area contributed by atoms with Crippen molar-refractivity contribution in [1.29, 1.82) is 0 Å². The number of nitrogens with zero attached hydrogens (tertiary/aromatic N) is 4. The molecule has 180 valence electrons. The van der Waals surface area contributed by atoms with Gasteiger partial charge in [0.15, 0.2) is 0 Å². The zero-order valence-electron chi connectivity index (χ0n) is 19.8. The molecule has 0 unspecified atom stereocenters. The number of carbonyl (C=O) groups is 1. The summed E-state index contributed by atoms with van der Waals surface area (Å²) in [6.07, 6.45) is 2.82. The molecule has 1 aliphatic heterocycles. The van der Waals surface area contributed by atoms with Crippen molar-refractivity contribution in [3.63, 3.8) is 0 Å². The standard InChI is InChI=1S/C26H33AsN4O3/c1-3-30-15-13-21(14-16-30)19-31(23-11-9-22(10-12-23)27(33)34)26(32)25-18-24(29(2)28-25)17-20-7-5-4-6-8-20/h4-12,18,21,33-34H,3,13-17,19H2,1-2H3. The van der Waals surface area contributed by atoms with Gasteiger partial charge in [0.2, 0.25) is 0 Å². The molecule has 2 N–H and O–H groups in total. The van der Waals surface area contributed by atoms with Gasteiger partial charge < -0.3 is 0 Å². The van der Waals surface area contributed by atoms with Crippen molar-refractivity contribution in [3.8, 4) is 0 Å². The summed E-state index contributed by atoms with van der Waals surface area (Å²) in [5, 5.41) is 4.56. The first-order valence-electron chi connectivity index (χ1n) is 11.8. The molecule has 0 aliphatic carbocycles. The second kappa shape index (κ2) is 11.3. The van der Waals surface area contributed by atoms with Crippen LogP contribution in [0.3, 0.4) is 0 Å². The summed E-state index contributed by atoms with van der Waals surface area (Å²) in [4.78, 5) is 18.0. The number of rotatable bonds is 8. The van der Waals surface area contributed by atoms with Gasteiger partial charge in [-0.2, -0.15) is 0 Å². The fraction of sp³-hybridized carbons (Fsp3) is 0.385. The molecule has 4 rings (SSSR count). The Morgan fingerprint density at radius 2 is 1.76 bits per heavy atom. The second-order valence-corrected chi connectivity index (χ2v) is 11.2. The monoisotopic (exact) mass is 524 g/mol. The quantitative estimate of drug-likeness (QED) is 0.441. The third-order valence-electron chi connectivity index (χ3n) is 6.66. The molecule has 1 saturated heterocycles. The molecule has 0 saturated carbocycles. The van der Waals surface area contributed by atoms with Gasteiger partial charge in [0.05, 0.1) is 0 Å². The van der Waals surface area contributed by atoms with Crippen LogP contribution in [0.5, 0.6) is 0 Å². The molecule has 3 aromatic rings. The topological polar surface area (TPSA) is 81.8 Å². The number of anilines is 1. The average molecular weight is 524 g/mol. The first-order chi connectivity index (χ1) is 16.4. The molecular weight excluding hydrogens is 491 g/mol. The fourth-order valence-electron chi connectivity index (χ4n) is 4.53. The Morgan fingerprint density at radius 3 is 2.38 bits per heavy atom. The van der Waals surface area contributed by atoms with Crippen LogP contribution in [0, 0.1) is 5.92 Å². The van der Waals surface area contributed by atoms with E-state index in [-0.39, 0.29) is 5.91 Å². The zero-order chi connectivity index (χ0) is 24.1. The van der Waals surface area contributed by atoms with Gasteiger partial charge in [-0.1, -0.05) is 18.2 Å². The number of likely N-dealkylation sites (tertiary alicyclic amines) is 1. The van der Waals surface area contributed by atoms with E-state index in [1.165, 1.54) is 5.56 Å². The Bertz CT molecular complexity index is 1080. The zero-order valence-corrected chi connectivity index (χ0v) is 21.7. The predicted octanol–water partition coefficient (Wildman–Crippen LogP) is 2.07. The van der Waals surface area contributed by atoms with Crippen molar-refractivity contribution < 1.29 is 13.0 Å². The maximum atomic E-state index is 13.7. The average Bonchev–Trinajstić information content (AvgIpc) is 3.23. The molecule has 2 heterocycles. The Morgan fingerprint density at radius 1 is 1.09 bits per heavy atom. The van der Waals surface area contributed by atoms with E-state index in [4.69, 9.17) is 0 Å². The van der Waals surface area contributed by atoms with Crippen molar-refractivity contribution >= 4 is 31.3 Å². The molecule has 1 amide bonds. The molecule has 1 aromatic heterocycles. The van der Waals surface area contributed by atoms with Crippen molar-refractivity contribution in [3.05, 3.63) is 77.6 Å². The molecular formula is C26H33AsN4O3. The van der Waals surface area contributed by atoms with Crippen LogP contribution in [0.1, 0.15) is 41.5 Å². The number of carbonyl (C=O) groups excluding carboxylic acids is 1. The normalized spacial score (nSPS) is 15.1. The molecule has 0 spiro atoms. The molecule has 1 aliphatic rings. The molecule has 0 radical (unpaired) electrons. The van der Waals surface area contributed by atoms with Gasteiger partial charge in [0.1, 0.15) is 0 Å². The number of piperidine rings is 1. The van der Waals surface area contributed by atoms with Crippen LogP contribution in [0.2, 0.25) is 0 Å². The Labute approximate surface area is 206 Å². The van der Waals surface area contributed by atoms with Crippen LogP contribution in [-0.2, 0) is 13.5 Å². The van der Waals surface area contributed by atoms with E-state index >= 15 is 0 Å². The van der Waals surface area contributed by atoms with Gasteiger partial charge in [-0.15, -0.1) is 0 Å². The van der Waals surface area contributed by atoms with E-state index in [2.05, 4.69) is 29.1 Å². The summed E-state index contributed by atoms with van der Waals surface area (Å²) in [6, 6.07) is 19.1. The second-order valence-electron chi connectivity index (χ2n) is 8.91. The molecule has 1 fully saturated rings. The maximum absolute atomic E-state index is 13.7. The molecule has 0 bridgehead atoms. The third kappa shape index (κ3) is 5.97. The van der Waals surface area contributed by atoms with E-state index in [0.29, 0.717) is 28.9 Å². The molecule has 34 heavy (non-hydrogen) atoms. The van der Waals surface area contributed by atoms with E-state index in [1.54, 1.807) is 16.8 Å². The summed E-state index contributed by atoms with van der Waals surface area (Å²) in [7, 11) is 1.88. The third-order valence-corrected chi connectivity index (χ3v) is 8.25. The van der Waals surface area contributed by atoms with E-state index in [1.807, 2.05) is 48.3 Å². The molecule has 7 nitrogen and oxygen atoms in total.